The Hall–Kier alpha value is -0.830. The number of rotatable bonds is 6. The lowest BCUT2D eigenvalue weighted by atomic mass is 10.3. The van der Waals surface area contributed by atoms with Crippen molar-refractivity contribution in [2.75, 3.05) is 13.5 Å². The van der Waals surface area contributed by atoms with Crippen LogP contribution >= 0.6 is 0 Å². The van der Waals surface area contributed by atoms with Crippen molar-refractivity contribution < 1.29 is 14.2 Å². The molecule has 1 N–H and O–H groups in total. The predicted octanol–water partition coefficient (Wildman–Crippen LogP) is 1.77. The molecule has 0 aliphatic rings. The molecule has 0 bridgehead atoms. The normalized spacial score (nSPS) is 10.4. The monoisotopic (exact) mass is 160 g/mol. The van der Waals surface area contributed by atoms with Gasteiger partial charge in [-0.15, -0.1) is 0 Å². The first-order valence-corrected chi connectivity index (χ1v) is 3.46. The van der Waals surface area contributed by atoms with Gasteiger partial charge in [-0.1, -0.05) is 12.7 Å². The van der Waals surface area contributed by atoms with Crippen LogP contribution in [-0.4, -0.2) is 18.6 Å². The maximum absolute atomic E-state index is 11.5. The summed E-state index contributed by atoms with van der Waals surface area (Å²) in [6.07, 6.45) is 4.84. The van der Waals surface area contributed by atoms with Crippen molar-refractivity contribution in [1.82, 2.24) is 0 Å². The van der Waals surface area contributed by atoms with Crippen LogP contribution in [0.1, 0.15) is 12.8 Å². The zero-order valence-electron chi connectivity index (χ0n) is 6.42. The lowest BCUT2D eigenvalue weighted by Crippen LogP contribution is -1.84. The topological polar surface area (TPSA) is 29.5 Å². The first-order chi connectivity index (χ1) is 5.31. The first kappa shape index (κ1) is 10.2. The van der Waals surface area contributed by atoms with Gasteiger partial charge < -0.3 is 9.84 Å². The van der Waals surface area contributed by atoms with Crippen LogP contribution in [0.3, 0.4) is 0 Å². The van der Waals surface area contributed by atoms with E-state index in [0.717, 1.165) is 6.42 Å². The summed E-state index contributed by atoms with van der Waals surface area (Å²) in [4.78, 5) is 0. The summed E-state index contributed by atoms with van der Waals surface area (Å²) in [6.45, 7) is 2.75. The minimum absolute atomic E-state index is 0.167. The predicted molar refractivity (Wildman–Crippen MR) is 41.7 cm³/mol. The van der Waals surface area contributed by atoms with E-state index in [0.29, 0.717) is 12.2 Å². The van der Waals surface area contributed by atoms with Gasteiger partial charge in [0.2, 0.25) is 6.86 Å². The fourth-order valence-electron chi connectivity index (χ4n) is 0.542. The molecular formula is C8H13FO2. The molecular weight excluding hydrogens is 147 g/mol. The smallest absolute Gasteiger partial charge is 0.228 e. The third-order valence-corrected chi connectivity index (χ3v) is 1.07. The first-order valence-electron chi connectivity index (χ1n) is 3.46. The van der Waals surface area contributed by atoms with Gasteiger partial charge in [0.15, 0.2) is 0 Å². The Labute approximate surface area is 66.0 Å². The van der Waals surface area contributed by atoms with Gasteiger partial charge in [0.1, 0.15) is 5.76 Å². The third-order valence-electron chi connectivity index (χ3n) is 1.07. The van der Waals surface area contributed by atoms with Gasteiger partial charge >= 0.3 is 0 Å². The number of ether oxygens (including phenoxy) is 1. The summed E-state index contributed by atoms with van der Waals surface area (Å²) in [5, 5.41) is 8.39. The van der Waals surface area contributed by atoms with Crippen molar-refractivity contribution in [3.8, 4) is 0 Å². The third kappa shape index (κ3) is 7.06. The van der Waals surface area contributed by atoms with E-state index >= 15 is 0 Å². The molecule has 0 saturated carbocycles. The largest absolute Gasteiger partial charge is 0.464 e. The van der Waals surface area contributed by atoms with Crippen molar-refractivity contribution in [2.45, 2.75) is 12.8 Å². The molecule has 0 saturated heterocycles. The van der Waals surface area contributed by atoms with Gasteiger partial charge in [0, 0.05) is 6.61 Å². The van der Waals surface area contributed by atoms with Gasteiger partial charge in [-0.3, -0.25) is 0 Å². The molecule has 0 unspecified atom stereocenters. The number of aliphatic hydroxyl groups excluding tert-OH is 1. The van der Waals surface area contributed by atoms with Crippen LogP contribution in [0.2, 0.25) is 0 Å². The van der Waals surface area contributed by atoms with E-state index < -0.39 is 6.86 Å². The molecule has 3 heteroatoms. The number of alkyl halides is 1. The fourth-order valence-corrected chi connectivity index (χ4v) is 0.542. The zero-order chi connectivity index (χ0) is 8.53. The molecule has 0 atom stereocenters. The zero-order valence-corrected chi connectivity index (χ0v) is 6.42. The van der Waals surface area contributed by atoms with E-state index in [9.17, 15) is 4.39 Å². The summed E-state index contributed by atoms with van der Waals surface area (Å²) < 4.78 is 15.9. The molecule has 0 aliphatic heterocycles. The molecule has 2 nitrogen and oxygen atoms in total. The molecule has 0 radical (unpaired) electrons. The average molecular weight is 160 g/mol. The number of hydrogen-bond acceptors (Lipinski definition) is 2. The number of unbranched alkanes of at least 4 members (excludes halogenated alkanes) is 1. The van der Waals surface area contributed by atoms with E-state index in [1.54, 1.807) is 12.2 Å². The molecule has 0 aromatic rings. The van der Waals surface area contributed by atoms with Crippen molar-refractivity contribution in [3.63, 3.8) is 0 Å². The number of aliphatic hydroxyl groups is 1. The lowest BCUT2D eigenvalue weighted by Gasteiger charge is -1.97. The second kappa shape index (κ2) is 7.28. The molecule has 0 aromatic heterocycles. The molecule has 0 aliphatic carbocycles. The number of hydrogen-bond donors (Lipinski definition) is 1. The highest BCUT2D eigenvalue weighted by Gasteiger charge is 1.85. The summed E-state index contributed by atoms with van der Waals surface area (Å²) >= 11 is 0. The highest BCUT2D eigenvalue weighted by Crippen LogP contribution is 1.98. The Morgan fingerprint density at radius 2 is 2.36 bits per heavy atom. The van der Waals surface area contributed by atoms with Crippen LogP contribution in [0.4, 0.5) is 4.39 Å². The average Bonchev–Trinajstić information content (AvgIpc) is 1.99. The SMILES string of the molecule is C=C(/C=C\CCCO)OCF. The molecule has 0 amide bonds. The van der Waals surface area contributed by atoms with E-state index in [2.05, 4.69) is 11.3 Å². The van der Waals surface area contributed by atoms with Crippen LogP contribution in [0.15, 0.2) is 24.5 Å². The Morgan fingerprint density at radius 1 is 1.64 bits per heavy atom. The van der Waals surface area contributed by atoms with E-state index in [1.807, 2.05) is 0 Å². The highest BCUT2D eigenvalue weighted by molar-refractivity contribution is 5.06. The van der Waals surface area contributed by atoms with Crippen LogP contribution in [0.5, 0.6) is 0 Å². The molecule has 0 rings (SSSR count). The summed E-state index contributed by atoms with van der Waals surface area (Å²) in [5.74, 6) is 0.311. The molecule has 0 fully saturated rings. The summed E-state index contributed by atoms with van der Waals surface area (Å²) in [5.41, 5.74) is 0. The van der Waals surface area contributed by atoms with E-state index in [1.165, 1.54) is 0 Å². The van der Waals surface area contributed by atoms with Crippen molar-refractivity contribution in [1.29, 1.82) is 0 Å². The Morgan fingerprint density at radius 3 is 2.91 bits per heavy atom. The molecule has 0 spiro atoms. The van der Waals surface area contributed by atoms with Gasteiger partial charge in [0.05, 0.1) is 0 Å². The minimum Gasteiger partial charge on any atom is -0.464 e. The Balaban J connectivity index is 3.32. The number of allylic oxidation sites excluding steroid dienone is 2. The van der Waals surface area contributed by atoms with Crippen LogP contribution in [-0.2, 0) is 4.74 Å². The highest BCUT2D eigenvalue weighted by atomic mass is 19.1. The summed E-state index contributed by atoms with van der Waals surface area (Å²) in [7, 11) is 0. The minimum atomic E-state index is -0.844. The maximum atomic E-state index is 11.5. The van der Waals surface area contributed by atoms with Gasteiger partial charge in [-0.05, 0) is 18.9 Å². The van der Waals surface area contributed by atoms with Crippen LogP contribution in [0.25, 0.3) is 0 Å². The lowest BCUT2D eigenvalue weighted by molar-refractivity contribution is 0.125. The second-order valence-corrected chi connectivity index (χ2v) is 1.99. The summed E-state index contributed by atoms with van der Waals surface area (Å²) in [6, 6.07) is 0. The molecule has 64 valence electrons. The fraction of sp³-hybridized carbons (Fsp3) is 0.500. The second-order valence-electron chi connectivity index (χ2n) is 1.99. The van der Waals surface area contributed by atoms with Gasteiger partial charge in [-0.2, -0.15) is 0 Å². The van der Waals surface area contributed by atoms with Crippen LogP contribution in [0, 0.1) is 0 Å². The van der Waals surface area contributed by atoms with Gasteiger partial charge in [-0.25, -0.2) is 4.39 Å². The molecule has 0 aromatic carbocycles. The van der Waals surface area contributed by atoms with Crippen molar-refractivity contribution in [2.24, 2.45) is 0 Å². The number of halogens is 1. The standard InChI is InChI=1S/C8H13FO2/c1-8(11-7-9)5-3-2-4-6-10/h3,5,10H,1-2,4,6-7H2/b5-3-. The quantitative estimate of drug-likeness (QED) is 0.364. The molecule has 11 heavy (non-hydrogen) atoms. The van der Waals surface area contributed by atoms with E-state index in [4.69, 9.17) is 5.11 Å². The Kier molecular flexibility index (Phi) is 6.73. The van der Waals surface area contributed by atoms with E-state index in [-0.39, 0.29) is 6.61 Å². The molecule has 0 heterocycles. The van der Waals surface area contributed by atoms with Gasteiger partial charge in [0.25, 0.3) is 0 Å². The Bertz CT molecular complexity index is 132. The maximum Gasteiger partial charge on any atom is 0.228 e. The van der Waals surface area contributed by atoms with Crippen molar-refractivity contribution >= 4 is 0 Å². The van der Waals surface area contributed by atoms with Crippen LogP contribution < -0.4 is 0 Å². The van der Waals surface area contributed by atoms with Crippen molar-refractivity contribution in [3.05, 3.63) is 24.5 Å².